The van der Waals surface area contributed by atoms with Crippen molar-refractivity contribution in [2.24, 2.45) is 5.92 Å². The maximum absolute atomic E-state index is 4.10. The molecule has 0 heterocycles. The molecule has 0 aromatic heterocycles. The Morgan fingerprint density at radius 1 is 1.73 bits per heavy atom. The van der Waals surface area contributed by atoms with Gasteiger partial charge in [0.1, 0.15) is 0 Å². The summed E-state index contributed by atoms with van der Waals surface area (Å²) < 4.78 is 0. The minimum absolute atomic E-state index is 0.712. The zero-order valence-corrected chi connectivity index (χ0v) is 7.69. The summed E-state index contributed by atoms with van der Waals surface area (Å²) in [6.07, 6.45) is 7.43. The molecule has 0 saturated heterocycles. The van der Waals surface area contributed by atoms with Crippen molar-refractivity contribution in [2.75, 3.05) is 0 Å². The minimum atomic E-state index is 0.712. The van der Waals surface area contributed by atoms with Gasteiger partial charge in [-0.25, -0.2) is 0 Å². The van der Waals surface area contributed by atoms with E-state index in [1.807, 2.05) is 0 Å². The van der Waals surface area contributed by atoms with Gasteiger partial charge in [-0.3, -0.25) is 0 Å². The van der Waals surface area contributed by atoms with E-state index in [1.54, 1.807) is 0 Å². The van der Waals surface area contributed by atoms with Gasteiger partial charge in [0.2, 0.25) is 0 Å². The van der Waals surface area contributed by atoms with Crippen molar-refractivity contribution in [1.29, 1.82) is 0 Å². The molecule has 1 aliphatic rings. The molecule has 1 rings (SSSR count). The fraction of sp³-hybridized carbons (Fsp3) is 0.636. The van der Waals surface area contributed by atoms with E-state index in [9.17, 15) is 0 Å². The highest BCUT2D eigenvalue weighted by Gasteiger charge is 2.15. The Hall–Kier alpha value is -0.520. The van der Waals surface area contributed by atoms with Crippen LogP contribution >= 0.6 is 0 Å². The van der Waals surface area contributed by atoms with E-state index < -0.39 is 0 Å². The molecule has 11 heavy (non-hydrogen) atoms. The van der Waals surface area contributed by atoms with Gasteiger partial charge in [0.25, 0.3) is 0 Å². The molecule has 62 valence electrons. The first-order valence-corrected chi connectivity index (χ1v) is 4.64. The van der Waals surface area contributed by atoms with E-state index in [2.05, 4.69) is 26.5 Å². The monoisotopic (exact) mass is 150 g/mol. The first-order valence-electron chi connectivity index (χ1n) is 4.64. The van der Waals surface area contributed by atoms with Gasteiger partial charge in [-0.15, -0.1) is 0 Å². The zero-order valence-electron chi connectivity index (χ0n) is 7.69. The van der Waals surface area contributed by atoms with E-state index in [-0.39, 0.29) is 0 Å². The normalized spacial score (nSPS) is 17.5. The summed E-state index contributed by atoms with van der Waals surface area (Å²) in [5.74, 6) is 0.712. The molecule has 0 N–H and O–H groups in total. The van der Waals surface area contributed by atoms with Gasteiger partial charge in [-0.1, -0.05) is 39.3 Å². The molecule has 1 aliphatic carbocycles. The third-order valence-corrected chi connectivity index (χ3v) is 2.41. The average Bonchev–Trinajstić information content (AvgIpc) is 2.81. The van der Waals surface area contributed by atoms with Crippen LogP contribution < -0.4 is 0 Å². The summed E-state index contributed by atoms with van der Waals surface area (Å²) in [6.45, 7) is 8.63. The van der Waals surface area contributed by atoms with Gasteiger partial charge in [0, 0.05) is 0 Å². The van der Waals surface area contributed by atoms with Crippen molar-refractivity contribution >= 4 is 0 Å². The summed E-state index contributed by atoms with van der Waals surface area (Å²) in [7, 11) is 0. The lowest BCUT2D eigenvalue weighted by Gasteiger charge is -2.11. The molecule has 0 bridgehead atoms. The Morgan fingerprint density at radius 3 is 2.82 bits per heavy atom. The molecule has 1 atom stereocenters. The van der Waals surface area contributed by atoms with Crippen LogP contribution in [0.5, 0.6) is 0 Å². The van der Waals surface area contributed by atoms with E-state index >= 15 is 0 Å². The maximum atomic E-state index is 4.10. The molecule has 0 fully saturated rings. The number of hydrogen-bond donors (Lipinski definition) is 0. The van der Waals surface area contributed by atoms with Gasteiger partial charge in [-0.05, 0) is 29.9 Å². The van der Waals surface area contributed by atoms with Crippen LogP contribution in [0.1, 0.15) is 39.5 Å². The Kier molecular flexibility index (Phi) is 2.92. The number of unbranched alkanes of at least 4 members (excludes halogenated alkanes) is 1. The summed E-state index contributed by atoms with van der Waals surface area (Å²) >= 11 is 0. The van der Waals surface area contributed by atoms with Gasteiger partial charge in [-0.2, -0.15) is 0 Å². The third kappa shape index (κ3) is 2.53. The van der Waals surface area contributed by atoms with Crippen LogP contribution in [0, 0.1) is 5.92 Å². The second kappa shape index (κ2) is 3.75. The smallest absolute Gasteiger partial charge is 0.00918 e. The maximum Gasteiger partial charge on any atom is -0.00918 e. The lowest BCUT2D eigenvalue weighted by atomic mass is 9.95. The molecular formula is C11H18. The van der Waals surface area contributed by atoms with Crippen LogP contribution in [0.4, 0.5) is 0 Å². The third-order valence-electron chi connectivity index (χ3n) is 2.41. The first kappa shape index (κ1) is 8.58. The second-order valence-corrected chi connectivity index (χ2v) is 3.50. The quantitative estimate of drug-likeness (QED) is 0.560. The average molecular weight is 150 g/mol. The molecule has 1 unspecified atom stereocenters. The lowest BCUT2D eigenvalue weighted by molar-refractivity contribution is 0.579. The molecule has 0 nitrogen and oxygen atoms in total. The molecule has 0 aliphatic heterocycles. The Labute approximate surface area is 70.0 Å². The van der Waals surface area contributed by atoms with Crippen molar-refractivity contribution in [3.8, 4) is 0 Å². The van der Waals surface area contributed by atoms with Crippen LogP contribution in [0.3, 0.4) is 0 Å². The molecule has 0 radical (unpaired) electrons. The molecule has 0 aromatic carbocycles. The highest BCUT2D eigenvalue weighted by Crippen LogP contribution is 2.32. The highest BCUT2D eigenvalue weighted by atomic mass is 14.2. The van der Waals surface area contributed by atoms with Crippen molar-refractivity contribution in [3.05, 3.63) is 23.8 Å². The second-order valence-electron chi connectivity index (χ2n) is 3.50. The number of hydrogen-bond acceptors (Lipinski definition) is 0. The van der Waals surface area contributed by atoms with Crippen molar-refractivity contribution in [1.82, 2.24) is 0 Å². The highest BCUT2D eigenvalue weighted by molar-refractivity contribution is 5.41. The summed E-state index contributed by atoms with van der Waals surface area (Å²) in [4.78, 5) is 0. The van der Waals surface area contributed by atoms with Gasteiger partial charge < -0.3 is 0 Å². The van der Waals surface area contributed by atoms with E-state index in [1.165, 1.54) is 36.8 Å². The van der Waals surface area contributed by atoms with E-state index in [0.29, 0.717) is 5.92 Å². The minimum Gasteiger partial charge on any atom is -0.0953 e. The predicted molar refractivity (Wildman–Crippen MR) is 50.5 cm³/mol. The van der Waals surface area contributed by atoms with E-state index in [4.69, 9.17) is 0 Å². The Morgan fingerprint density at radius 2 is 2.36 bits per heavy atom. The molecule has 0 spiro atoms. The SMILES string of the molecule is C=C(C1=CC1)C(C)CCCC. The van der Waals surface area contributed by atoms with Crippen LogP contribution in [-0.4, -0.2) is 0 Å². The summed E-state index contributed by atoms with van der Waals surface area (Å²) in [5, 5.41) is 0. The number of rotatable bonds is 5. The fourth-order valence-electron chi connectivity index (χ4n) is 1.31. The van der Waals surface area contributed by atoms with E-state index in [0.717, 1.165) is 0 Å². The topological polar surface area (TPSA) is 0 Å². The lowest BCUT2D eigenvalue weighted by Crippen LogP contribution is -1.96. The van der Waals surface area contributed by atoms with Gasteiger partial charge in [0.15, 0.2) is 0 Å². The van der Waals surface area contributed by atoms with Crippen LogP contribution in [-0.2, 0) is 0 Å². The Bertz CT molecular complexity index is 174. The largest absolute Gasteiger partial charge is 0.0953 e. The van der Waals surface area contributed by atoms with Crippen LogP contribution in [0.15, 0.2) is 23.8 Å². The molecular weight excluding hydrogens is 132 g/mol. The zero-order chi connectivity index (χ0) is 8.27. The molecule has 0 aromatic rings. The van der Waals surface area contributed by atoms with Crippen LogP contribution in [0.25, 0.3) is 0 Å². The first-order chi connectivity index (χ1) is 5.25. The number of allylic oxidation sites excluding steroid dienone is 3. The Balaban J connectivity index is 2.22. The van der Waals surface area contributed by atoms with Crippen molar-refractivity contribution in [2.45, 2.75) is 39.5 Å². The van der Waals surface area contributed by atoms with Crippen LogP contribution in [0.2, 0.25) is 0 Å². The predicted octanol–water partition coefficient (Wildman–Crippen LogP) is 3.70. The van der Waals surface area contributed by atoms with Gasteiger partial charge >= 0.3 is 0 Å². The van der Waals surface area contributed by atoms with Gasteiger partial charge in [0.05, 0.1) is 0 Å². The summed E-state index contributed by atoms with van der Waals surface area (Å²) in [5.41, 5.74) is 2.90. The summed E-state index contributed by atoms with van der Waals surface area (Å²) in [6, 6.07) is 0. The molecule has 0 amide bonds. The van der Waals surface area contributed by atoms with Crippen molar-refractivity contribution < 1.29 is 0 Å². The molecule has 0 saturated carbocycles. The molecule has 0 heteroatoms. The van der Waals surface area contributed by atoms with Crippen molar-refractivity contribution in [3.63, 3.8) is 0 Å². The fourth-order valence-corrected chi connectivity index (χ4v) is 1.31. The standard InChI is InChI=1S/C11H18/c1-4-5-6-9(2)10(3)11-7-8-11/h7,9H,3-6,8H2,1-2H3.